The van der Waals surface area contributed by atoms with E-state index in [1.54, 1.807) is 0 Å². The first-order chi connectivity index (χ1) is 34.4. The lowest BCUT2D eigenvalue weighted by molar-refractivity contribution is 0.332. The highest BCUT2D eigenvalue weighted by atomic mass is 32.1. The first kappa shape index (κ1) is 49.8. The Labute approximate surface area is 450 Å². The SMILES string of the molecule is CC(C)(C)c1ccc(N2c3cc(C(C)(C)C)cc4c3B(c3cc5c(cc3N4c3ccc4c(c3)C(C)(C)CCC4(C)C)C(C)(C)CCC5(C)C)c3c2sc2cc4c(cc32)C(C)(C)CCC4(C)C)c(-c2ccccc2)c1. The smallest absolute Gasteiger partial charge is 0.254 e. The third-order valence-electron chi connectivity index (χ3n) is 19.8. The minimum Gasteiger partial charge on any atom is -0.311 e. The van der Waals surface area contributed by atoms with Crippen LogP contribution in [0.5, 0.6) is 0 Å². The molecule has 74 heavy (non-hydrogen) atoms. The summed E-state index contributed by atoms with van der Waals surface area (Å²) < 4.78 is 1.41. The van der Waals surface area contributed by atoms with Crippen molar-refractivity contribution in [3.05, 3.63) is 148 Å². The van der Waals surface area contributed by atoms with Crippen molar-refractivity contribution in [3.8, 4) is 11.1 Å². The second-order valence-corrected chi connectivity index (χ2v) is 30.9. The average Bonchev–Trinajstić information content (AvgIpc) is 3.70. The van der Waals surface area contributed by atoms with Crippen LogP contribution in [0.15, 0.2) is 103 Å². The van der Waals surface area contributed by atoms with Crippen LogP contribution in [0.3, 0.4) is 0 Å². The molecule has 0 fully saturated rings. The van der Waals surface area contributed by atoms with Gasteiger partial charge in [-0.25, -0.2) is 0 Å². The molecule has 3 heterocycles. The molecule has 0 radical (unpaired) electrons. The van der Waals surface area contributed by atoms with Gasteiger partial charge in [0.25, 0.3) is 6.71 Å². The molecule has 382 valence electrons. The van der Waals surface area contributed by atoms with Gasteiger partial charge in [0.2, 0.25) is 0 Å². The molecule has 12 rings (SSSR count). The molecule has 0 bridgehead atoms. The van der Waals surface area contributed by atoms with Gasteiger partial charge in [0.05, 0.1) is 10.7 Å². The summed E-state index contributed by atoms with van der Waals surface area (Å²) in [5.41, 5.74) is 25.5. The molecular formula is C70H83BN2S. The Hall–Kier alpha value is -5.06. The molecule has 6 aromatic carbocycles. The van der Waals surface area contributed by atoms with Gasteiger partial charge in [-0.15, -0.1) is 11.3 Å². The molecule has 0 amide bonds. The van der Waals surface area contributed by atoms with Gasteiger partial charge in [-0.1, -0.05) is 173 Å². The normalized spacial score (nSPS) is 20.3. The van der Waals surface area contributed by atoms with Crippen molar-refractivity contribution in [1.82, 2.24) is 0 Å². The summed E-state index contributed by atoms with van der Waals surface area (Å²) >= 11 is 2.04. The van der Waals surface area contributed by atoms with Crippen molar-refractivity contribution >= 4 is 78.0 Å². The van der Waals surface area contributed by atoms with Gasteiger partial charge in [-0.05, 0) is 208 Å². The highest BCUT2D eigenvalue weighted by Crippen LogP contribution is 2.56. The van der Waals surface area contributed by atoms with Crippen molar-refractivity contribution in [3.63, 3.8) is 0 Å². The Bertz CT molecular complexity index is 3490. The summed E-state index contributed by atoms with van der Waals surface area (Å²) in [6.07, 6.45) is 7.12. The third-order valence-corrected chi connectivity index (χ3v) is 20.9. The Morgan fingerprint density at radius 3 is 1.49 bits per heavy atom. The van der Waals surface area contributed by atoms with Gasteiger partial charge in [-0.2, -0.15) is 0 Å². The van der Waals surface area contributed by atoms with Crippen molar-refractivity contribution in [2.24, 2.45) is 0 Å². The molecule has 0 spiro atoms. The largest absolute Gasteiger partial charge is 0.311 e. The third kappa shape index (κ3) is 7.43. The Morgan fingerprint density at radius 2 is 0.919 bits per heavy atom. The van der Waals surface area contributed by atoms with Crippen LogP contribution >= 0.6 is 11.3 Å². The maximum atomic E-state index is 2.77. The minimum atomic E-state index is -0.128. The predicted octanol–water partition coefficient (Wildman–Crippen LogP) is 18.3. The number of benzene rings is 6. The van der Waals surface area contributed by atoms with Crippen LogP contribution < -0.4 is 26.2 Å². The van der Waals surface area contributed by atoms with Gasteiger partial charge < -0.3 is 9.80 Å². The molecule has 0 saturated heterocycles. The van der Waals surface area contributed by atoms with Gasteiger partial charge >= 0.3 is 0 Å². The second-order valence-electron chi connectivity index (χ2n) is 29.8. The lowest BCUT2D eigenvalue weighted by Gasteiger charge is -2.48. The summed E-state index contributed by atoms with van der Waals surface area (Å²) in [5, 5.41) is 2.80. The van der Waals surface area contributed by atoms with Crippen LogP contribution in [0.4, 0.5) is 33.4 Å². The zero-order valence-electron chi connectivity index (χ0n) is 48.4. The lowest BCUT2D eigenvalue weighted by atomic mass is 9.33. The molecule has 7 aromatic rings. The van der Waals surface area contributed by atoms with E-state index in [-0.39, 0.29) is 50.0 Å². The number of nitrogens with zero attached hydrogens (tertiary/aromatic N) is 2. The van der Waals surface area contributed by atoms with Gasteiger partial charge in [0.15, 0.2) is 0 Å². The van der Waals surface area contributed by atoms with E-state index in [4.69, 9.17) is 0 Å². The zero-order chi connectivity index (χ0) is 52.8. The standard InChI is InChI=1S/C70H83BN2S/c1-63(2,3)43-24-27-55(46(34-43)42-22-20-19-21-23-42)73-58-36-44(64(4,5)6)35-57-61(58)71(60-47-38-50-53(41-59(47)74-62(60)73)70(17,18)33-30-67(50,11)12)54-39-51-52(69(15,16)32-31-68(51,13)14)40-56(54)72(57)45-25-26-48-49(37-45)66(9,10)29-28-65(48,7)8/h19-27,34-41H,28-33H2,1-18H3. The van der Waals surface area contributed by atoms with E-state index >= 15 is 0 Å². The molecule has 0 saturated carbocycles. The Morgan fingerprint density at radius 1 is 0.419 bits per heavy atom. The van der Waals surface area contributed by atoms with E-state index in [1.165, 1.54) is 154 Å². The Kier molecular flexibility index (Phi) is 10.6. The van der Waals surface area contributed by atoms with Crippen LogP contribution in [0.25, 0.3) is 21.2 Å². The molecule has 1 aromatic heterocycles. The topological polar surface area (TPSA) is 6.48 Å². The average molecular weight is 995 g/mol. The molecule has 0 unspecified atom stereocenters. The first-order valence-corrected chi connectivity index (χ1v) is 29.2. The number of anilines is 6. The van der Waals surface area contributed by atoms with E-state index in [9.17, 15) is 0 Å². The molecule has 4 heteroatoms. The molecule has 2 aliphatic heterocycles. The van der Waals surface area contributed by atoms with Crippen molar-refractivity contribution < 1.29 is 0 Å². The van der Waals surface area contributed by atoms with Crippen LogP contribution in [-0.2, 0) is 43.3 Å². The lowest BCUT2D eigenvalue weighted by Crippen LogP contribution is -2.61. The van der Waals surface area contributed by atoms with Crippen LogP contribution in [0.1, 0.15) is 208 Å². The molecule has 0 N–H and O–H groups in total. The number of rotatable bonds is 3. The van der Waals surface area contributed by atoms with Gasteiger partial charge in [-0.3, -0.25) is 0 Å². The summed E-state index contributed by atoms with van der Waals surface area (Å²) in [5.74, 6) is 0. The van der Waals surface area contributed by atoms with E-state index < -0.39 is 0 Å². The predicted molar refractivity (Wildman–Crippen MR) is 325 cm³/mol. The molecular weight excluding hydrogens is 912 g/mol. The number of thiophene rings is 1. The van der Waals surface area contributed by atoms with Crippen LogP contribution in [0, 0.1) is 0 Å². The highest BCUT2D eigenvalue weighted by molar-refractivity contribution is 7.26. The van der Waals surface area contributed by atoms with Gasteiger partial charge in [0.1, 0.15) is 0 Å². The van der Waals surface area contributed by atoms with E-state index in [1.807, 2.05) is 11.3 Å². The monoisotopic (exact) mass is 995 g/mol. The molecule has 5 aliphatic rings. The fraction of sp³-hybridized carbons (Fsp3) is 0.457. The second kappa shape index (κ2) is 15.8. The maximum absolute atomic E-state index is 2.77. The fourth-order valence-corrected chi connectivity index (χ4v) is 15.6. The summed E-state index contributed by atoms with van der Waals surface area (Å²) in [6.45, 7) is 44.3. The van der Waals surface area contributed by atoms with Crippen LogP contribution in [0.2, 0.25) is 0 Å². The molecule has 2 nitrogen and oxygen atoms in total. The fourth-order valence-electron chi connectivity index (χ4n) is 14.3. The van der Waals surface area contributed by atoms with E-state index in [0.29, 0.717) is 0 Å². The number of hydrogen-bond donors (Lipinski definition) is 0. The number of hydrogen-bond acceptors (Lipinski definition) is 3. The summed E-state index contributed by atoms with van der Waals surface area (Å²) in [6, 6.07) is 42.4. The summed E-state index contributed by atoms with van der Waals surface area (Å²) in [4.78, 5) is 5.53. The number of fused-ring (bicyclic) bond motifs is 9. The van der Waals surface area contributed by atoms with Crippen LogP contribution in [-0.4, -0.2) is 6.71 Å². The maximum Gasteiger partial charge on any atom is 0.254 e. The summed E-state index contributed by atoms with van der Waals surface area (Å²) in [7, 11) is 0. The quantitative estimate of drug-likeness (QED) is 0.163. The van der Waals surface area contributed by atoms with Gasteiger partial charge in [0, 0.05) is 33.0 Å². The van der Waals surface area contributed by atoms with Crippen molar-refractivity contribution in [1.29, 1.82) is 0 Å². The van der Waals surface area contributed by atoms with E-state index in [2.05, 4.69) is 238 Å². The molecule has 0 atom stereocenters. The zero-order valence-corrected chi connectivity index (χ0v) is 49.3. The highest BCUT2D eigenvalue weighted by Gasteiger charge is 2.50. The molecule has 3 aliphatic carbocycles. The van der Waals surface area contributed by atoms with E-state index in [0.717, 1.165) is 0 Å². The minimum absolute atomic E-state index is 0.0196. The van der Waals surface area contributed by atoms with Crippen molar-refractivity contribution in [2.45, 2.75) is 206 Å². The van der Waals surface area contributed by atoms with Crippen molar-refractivity contribution in [2.75, 3.05) is 9.80 Å². The Balaban J connectivity index is 1.27. The first-order valence-electron chi connectivity index (χ1n) is 28.3.